The standard InChI is InChI=1S/C8H14N4/c1-7(2,5-9)11-12-8(3,4)6-10/h11-12H,1-4H3. The fraction of sp³-hybridized carbons (Fsp3) is 0.750. The first-order valence-electron chi connectivity index (χ1n) is 3.70. The Morgan fingerprint density at radius 3 is 1.25 bits per heavy atom. The van der Waals surface area contributed by atoms with Crippen LogP contribution in [0.25, 0.3) is 0 Å². The van der Waals surface area contributed by atoms with Crippen molar-refractivity contribution in [2.24, 2.45) is 0 Å². The van der Waals surface area contributed by atoms with Crippen LogP contribution >= 0.6 is 0 Å². The van der Waals surface area contributed by atoms with Gasteiger partial charge in [-0.25, -0.2) is 10.9 Å². The van der Waals surface area contributed by atoms with E-state index in [9.17, 15) is 0 Å². The van der Waals surface area contributed by atoms with Crippen LogP contribution in [0.5, 0.6) is 0 Å². The molecule has 0 radical (unpaired) electrons. The van der Waals surface area contributed by atoms with Crippen LogP contribution in [0, 0.1) is 22.7 Å². The summed E-state index contributed by atoms with van der Waals surface area (Å²) in [5.74, 6) is 0. The molecule has 0 aliphatic heterocycles. The van der Waals surface area contributed by atoms with Crippen LogP contribution in [0.3, 0.4) is 0 Å². The maximum Gasteiger partial charge on any atom is 0.113 e. The summed E-state index contributed by atoms with van der Waals surface area (Å²) < 4.78 is 0. The molecule has 2 N–H and O–H groups in total. The second-order valence-electron chi connectivity index (χ2n) is 3.72. The summed E-state index contributed by atoms with van der Waals surface area (Å²) in [6, 6.07) is 4.11. The highest BCUT2D eigenvalue weighted by atomic mass is 15.4. The van der Waals surface area contributed by atoms with Crippen molar-refractivity contribution in [1.82, 2.24) is 10.9 Å². The Hall–Kier alpha value is -1.10. The molecule has 0 aromatic rings. The van der Waals surface area contributed by atoms with E-state index in [4.69, 9.17) is 10.5 Å². The van der Waals surface area contributed by atoms with Crippen molar-refractivity contribution in [2.45, 2.75) is 38.8 Å². The van der Waals surface area contributed by atoms with Crippen molar-refractivity contribution in [1.29, 1.82) is 10.5 Å². The van der Waals surface area contributed by atoms with Crippen LogP contribution in [-0.4, -0.2) is 11.1 Å². The predicted molar refractivity (Wildman–Crippen MR) is 45.7 cm³/mol. The lowest BCUT2D eigenvalue weighted by atomic mass is 10.1. The Morgan fingerprint density at radius 1 is 0.833 bits per heavy atom. The molecule has 0 spiro atoms. The van der Waals surface area contributed by atoms with Crippen molar-refractivity contribution in [3.05, 3.63) is 0 Å². The average Bonchev–Trinajstić information content (AvgIpc) is 2.02. The fourth-order valence-corrected chi connectivity index (χ4v) is 0.368. The molecule has 12 heavy (non-hydrogen) atoms. The van der Waals surface area contributed by atoms with Gasteiger partial charge in [0, 0.05) is 0 Å². The second-order valence-corrected chi connectivity index (χ2v) is 3.72. The first-order valence-corrected chi connectivity index (χ1v) is 3.70. The third-order valence-corrected chi connectivity index (χ3v) is 1.25. The maximum atomic E-state index is 8.63. The summed E-state index contributed by atoms with van der Waals surface area (Å²) >= 11 is 0. The molecule has 0 aromatic heterocycles. The summed E-state index contributed by atoms with van der Waals surface area (Å²) in [6.45, 7) is 6.92. The van der Waals surface area contributed by atoms with Crippen molar-refractivity contribution < 1.29 is 0 Å². The smallest absolute Gasteiger partial charge is 0.113 e. The molecule has 0 rings (SSSR count). The van der Waals surface area contributed by atoms with Crippen LogP contribution in [0.4, 0.5) is 0 Å². The quantitative estimate of drug-likeness (QED) is 0.605. The minimum Gasteiger partial charge on any atom is -0.237 e. The van der Waals surface area contributed by atoms with E-state index in [2.05, 4.69) is 23.0 Å². The van der Waals surface area contributed by atoms with E-state index in [1.165, 1.54) is 0 Å². The predicted octanol–water partition coefficient (Wildman–Crippen LogP) is 0.685. The monoisotopic (exact) mass is 166 g/mol. The van der Waals surface area contributed by atoms with Crippen molar-refractivity contribution in [3.63, 3.8) is 0 Å². The lowest BCUT2D eigenvalue weighted by Crippen LogP contribution is -2.55. The van der Waals surface area contributed by atoms with Crippen molar-refractivity contribution in [2.75, 3.05) is 0 Å². The summed E-state index contributed by atoms with van der Waals surface area (Å²) in [7, 11) is 0. The molecule has 0 aliphatic carbocycles. The number of rotatable bonds is 3. The lowest BCUT2D eigenvalue weighted by molar-refractivity contribution is 0.329. The Balaban J connectivity index is 4.04. The van der Waals surface area contributed by atoms with Gasteiger partial charge in [-0.1, -0.05) is 0 Å². The van der Waals surface area contributed by atoms with Gasteiger partial charge in [-0.15, -0.1) is 0 Å². The number of hydrazine groups is 1. The van der Waals surface area contributed by atoms with E-state index in [1.807, 2.05) is 0 Å². The average molecular weight is 166 g/mol. The second kappa shape index (κ2) is 3.53. The Labute approximate surface area is 73.1 Å². The highest BCUT2D eigenvalue weighted by Crippen LogP contribution is 2.01. The van der Waals surface area contributed by atoms with Gasteiger partial charge in [0.15, 0.2) is 0 Å². The molecule has 0 fully saturated rings. The number of nitrogens with one attached hydrogen (secondary N) is 2. The molecule has 4 heteroatoms. The molecule has 66 valence electrons. The van der Waals surface area contributed by atoms with Crippen LogP contribution in [0.15, 0.2) is 0 Å². The number of hydrogen-bond acceptors (Lipinski definition) is 4. The first kappa shape index (κ1) is 10.9. The van der Waals surface area contributed by atoms with E-state index in [1.54, 1.807) is 27.7 Å². The zero-order chi connectivity index (χ0) is 9.83. The summed E-state index contributed by atoms with van der Waals surface area (Å²) in [4.78, 5) is 0. The maximum absolute atomic E-state index is 8.63. The van der Waals surface area contributed by atoms with Gasteiger partial charge in [0.25, 0.3) is 0 Å². The first-order chi connectivity index (χ1) is 5.33. The number of hydrogen-bond donors (Lipinski definition) is 2. The fourth-order valence-electron chi connectivity index (χ4n) is 0.368. The molecule has 0 atom stereocenters. The van der Waals surface area contributed by atoms with Crippen LogP contribution < -0.4 is 10.9 Å². The van der Waals surface area contributed by atoms with E-state index < -0.39 is 11.1 Å². The Bertz CT molecular complexity index is 202. The van der Waals surface area contributed by atoms with E-state index in [-0.39, 0.29) is 0 Å². The molecule has 0 heterocycles. The van der Waals surface area contributed by atoms with Crippen LogP contribution in [-0.2, 0) is 0 Å². The molecule has 4 nitrogen and oxygen atoms in total. The SMILES string of the molecule is CC(C)(C#N)NNC(C)(C)C#N. The van der Waals surface area contributed by atoms with E-state index in [0.29, 0.717) is 0 Å². The van der Waals surface area contributed by atoms with Gasteiger partial charge in [-0.2, -0.15) is 10.5 Å². The molecular weight excluding hydrogens is 152 g/mol. The van der Waals surface area contributed by atoms with E-state index in [0.717, 1.165) is 0 Å². The van der Waals surface area contributed by atoms with Crippen molar-refractivity contribution >= 4 is 0 Å². The van der Waals surface area contributed by atoms with Gasteiger partial charge in [0.2, 0.25) is 0 Å². The van der Waals surface area contributed by atoms with Gasteiger partial charge < -0.3 is 0 Å². The molecule has 0 saturated heterocycles. The zero-order valence-corrected chi connectivity index (χ0v) is 7.89. The number of nitriles is 2. The van der Waals surface area contributed by atoms with Crippen LogP contribution in [0.1, 0.15) is 27.7 Å². The van der Waals surface area contributed by atoms with Crippen molar-refractivity contribution in [3.8, 4) is 12.1 Å². The summed E-state index contributed by atoms with van der Waals surface area (Å²) in [5, 5.41) is 17.3. The highest BCUT2D eigenvalue weighted by molar-refractivity contribution is 5.03. The third-order valence-electron chi connectivity index (χ3n) is 1.25. The summed E-state index contributed by atoms with van der Waals surface area (Å²) in [6.07, 6.45) is 0. The Kier molecular flexibility index (Phi) is 3.21. The molecule has 0 aliphatic rings. The minimum atomic E-state index is -0.659. The van der Waals surface area contributed by atoms with Gasteiger partial charge in [0.05, 0.1) is 12.1 Å². The molecule has 0 unspecified atom stereocenters. The van der Waals surface area contributed by atoms with Gasteiger partial charge >= 0.3 is 0 Å². The van der Waals surface area contributed by atoms with Gasteiger partial charge in [-0.05, 0) is 27.7 Å². The normalized spacial score (nSPS) is 11.8. The lowest BCUT2D eigenvalue weighted by Gasteiger charge is -2.24. The number of nitrogens with zero attached hydrogens (tertiary/aromatic N) is 2. The molecule has 0 aromatic carbocycles. The molecular formula is C8H14N4. The molecule has 0 amide bonds. The zero-order valence-electron chi connectivity index (χ0n) is 7.89. The van der Waals surface area contributed by atoms with E-state index >= 15 is 0 Å². The third kappa shape index (κ3) is 3.92. The summed E-state index contributed by atoms with van der Waals surface area (Å²) in [5.41, 5.74) is 4.22. The molecule has 0 saturated carbocycles. The largest absolute Gasteiger partial charge is 0.237 e. The topological polar surface area (TPSA) is 71.6 Å². The molecule has 0 bridgehead atoms. The minimum absolute atomic E-state index is 0.659. The van der Waals surface area contributed by atoms with Gasteiger partial charge in [0.1, 0.15) is 11.1 Å². The Morgan fingerprint density at radius 2 is 1.08 bits per heavy atom. The van der Waals surface area contributed by atoms with Gasteiger partial charge in [-0.3, -0.25) is 0 Å². The van der Waals surface area contributed by atoms with Crippen LogP contribution in [0.2, 0.25) is 0 Å². The highest BCUT2D eigenvalue weighted by Gasteiger charge is 2.21.